The molecule has 3 aliphatic rings. The SMILES string of the molecule is O=C(Nc1ccccc1)[C@H]1[C@H]2C(=O)N(Cc3ccncc3)C[C@]23C=C[C@H]1O3. The summed E-state index contributed by atoms with van der Waals surface area (Å²) >= 11 is 0. The summed E-state index contributed by atoms with van der Waals surface area (Å²) in [5.74, 6) is -1.17. The van der Waals surface area contributed by atoms with Crippen LogP contribution in [-0.4, -0.2) is 39.9 Å². The van der Waals surface area contributed by atoms with Gasteiger partial charge in [-0.25, -0.2) is 0 Å². The number of likely N-dealkylation sites (tertiary alicyclic amines) is 1. The maximum atomic E-state index is 13.2. The van der Waals surface area contributed by atoms with E-state index in [2.05, 4.69) is 10.3 Å². The number of rotatable bonds is 4. The molecule has 3 aliphatic heterocycles. The van der Waals surface area contributed by atoms with Crippen LogP contribution in [0.3, 0.4) is 0 Å². The Morgan fingerprint density at radius 1 is 1.22 bits per heavy atom. The van der Waals surface area contributed by atoms with Crippen molar-refractivity contribution < 1.29 is 14.3 Å². The third-order valence-corrected chi connectivity index (χ3v) is 5.65. The molecule has 5 rings (SSSR count). The van der Waals surface area contributed by atoms with Crippen LogP contribution in [0, 0.1) is 11.8 Å². The molecule has 0 unspecified atom stereocenters. The first-order valence-corrected chi connectivity index (χ1v) is 9.07. The fourth-order valence-corrected chi connectivity index (χ4v) is 4.47. The second kappa shape index (κ2) is 6.03. The number of amides is 2. The van der Waals surface area contributed by atoms with E-state index in [1.54, 1.807) is 17.3 Å². The Morgan fingerprint density at radius 3 is 2.78 bits per heavy atom. The molecular formula is C21H19N3O3. The van der Waals surface area contributed by atoms with E-state index in [1.807, 2.05) is 54.6 Å². The number of hydrogen-bond acceptors (Lipinski definition) is 4. The molecule has 4 atom stereocenters. The van der Waals surface area contributed by atoms with Crippen LogP contribution < -0.4 is 5.32 Å². The maximum absolute atomic E-state index is 13.2. The van der Waals surface area contributed by atoms with Crippen LogP contribution in [0.5, 0.6) is 0 Å². The highest BCUT2D eigenvalue weighted by Gasteiger charge is 2.66. The number of fused-ring (bicyclic) bond motifs is 1. The number of pyridine rings is 1. The highest BCUT2D eigenvalue weighted by molar-refractivity contribution is 5.99. The zero-order valence-corrected chi connectivity index (χ0v) is 14.6. The molecule has 136 valence electrons. The minimum atomic E-state index is -0.687. The van der Waals surface area contributed by atoms with E-state index in [4.69, 9.17) is 4.74 Å². The lowest BCUT2D eigenvalue weighted by Crippen LogP contribution is -2.41. The van der Waals surface area contributed by atoms with Crippen LogP contribution in [-0.2, 0) is 20.9 Å². The first-order valence-electron chi connectivity index (χ1n) is 9.07. The second-order valence-electron chi connectivity index (χ2n) is 7.31. The standard InChI is InChI=1S/C21H19N3O3/c25-19(23-15-4-2-1-3-5-15)17-16-6-9-21(27-16)13-24(20(26)18(17)21)12-14-7-10-22-11-8-14/h1-11,16-18H,12-13H2,(H,23,25)/t16-,17-,18+,21-/m1/s1. The number of aromatic nitrogens is 1. The Bertz CT molecular complexity index is 915. The predicted molar refractivity (Wildman–Crippen MR) is 98.4 cm³/mol. The Kier molecular flexibility index (Phi) is 3.62. The Hall–Kier alpha value is -2.99. The Labute approximate surface area is 156 Å². The first-order chi connectivity index (χ1) is 13.2. The van der Waals surface area contributed by atoms with Crippen molar-refractivity contribution in [2.45, 2.75) is 18.2 Å². The summed E-state index contributed by atoms with van der Waals surface area (Å²) in [7, 11) is 0. The van der Waals surface area contributed by atoms with Gasteiger partial charge in [-0.3, -0.25) is 14.6 Å². The molecule has 2 saturated heterocycles. The fraction of sp³-hybridized carbons (Fsp3) is 0.286. The average molecular weight is 361 g/mol. The van der Waals surface area contributed by atoms with Gasteiger partial charge in [0.05, 0.1) is 24.5 Å². The number of para-hydroxylation sites is 1. The summed E-state index contributed by atoms with van der Waals surface area (Å²) in [4.78, 5) is 31.9. The molecule has 6 nitrogen and oxygen atoms in total. The lowest BCUT2D eigenvalue weighted by Gasteiger charge is -2.23. The molecule has 6 heteroatoms. The van der Waals surface area contributed by atoms with Gasteiger partial charge >= 0.3 is 0 Å². The highest BCUT2D eigenvalue weighted by Crippen LogP contribution is 2.52. The summed E-state index contributed by atoms with van der Waals surface area (Å²) in [5, 5.41) is 2.93. The van der Waals surface area contributed by atoms with Gasteiger partial charge in [0.2, 0.25) is 11.8 Å². The Balaban J connectivity index is 1.39. The maximum Gasteiger partial charge on any atom is 0.231 e. The van der Waals surface area contributed by atoms with E-state index in [-0.39, 0.29) is 17.9 Å². The summed E-state index contributed by atoms with van der Waals surface area (Å²) in [6.07, 6.45) is 6.99. The van der Waals surface area contributed by atoms with Gasteiger partial charge < -0.3 is 15.0 Å². The van der Waals surface area contributed by atoms with Gasteiger partial charge in [-0.2, -0.15) is 0 Å². The van der Waals surface area contributed by atoms with Crippen molar-refractivity contribution in [3.63, 3.8) is 0 Å². The van der Waals surface area contributed by atoms with Crippen LogP contribution in [0.15, 0.2) is 67.0 Å². The molecule has 1 N–H and O–H groups in total. The van der Waals surface area contributed by atoms with Crippen LogP contribution in [0.25, 0.3) is 0 Å². The largest absolute Gasteiger partial charge is 0.360 e. The van der Waals surface area contributed by atoms with E-state index in [0.29, 0.717) is 13.1 Å². The van der Waals surface area contributed by atoms with E-state index in [1.165, 1.54) is 0 Å². The number of carbonyl (C=O) groups is 2. The lowest BCUT2D eigenvalue weighted by atomic mass is 9.77. The van der Waals surface area contributed by atoms with Crippen molar-refractivity contribution in [3.8, 4) is 0 Å². The van der Waals surface area contributed by atoms with Gasteiger partial charge in [0, 0.05) is 24.6 Å². The molecule has 27 heavy (non-hydrogen) atoms. The number of anilines is 1. The van der Waals surface area contributed by atoms with Gasteiger partial charge in [-0.15, -0.1) is 0 Å². The first kappa shape index (κ1) is 16.2. The molecule has 2 bridgehead atoms. The molecule has 0 radical (unpaired) electrons. The minimum Gasteiger partial charge on any atom is -0.360 e. The number of carbonyl (C=O) groups excluding carboxylic acids is 2. The monoisotopic (exact) mass is 361 g/mol. The average Bonchev–Trinajstić information content (AvgIpc) is 3.32. The van der Waals surface area contributed by atoms with E-state index >= 15 is 0 Å². The summed E-state index contributed by atoms with van der Waals surface area (Å²) in [5.41, 5.74) is 1.05. The number of benzene rings is 1. The molecule has 1 spiro atoms. The minimum absolute atomic E-state index is 0.0214. The van der Waals surface area contributed by atoms with E-state index < -0.39 is 17.4 Å². The molecule has 4 heterocycles. The molecule has 1 aromatic heterocycles. The number of nitrogens with one attached hydrogen (secondary N) is 1. The van der Waals surface area contributed by atoms with Crippen molar-refractivity contribution >= 4 is 17.5 Å². The number of ether oxygens (including phenoxy) is 1. The number of hydrogen-bond donors (Lipinski definition) is 1. The second-order valence-corrected chi connectivity index (χ2v) is 7.31. The molecule has 2 fully saturated rings. The van der Waals surface area contributed by atoms with Gasteiger partial charge in [-0.05, 0) is 29.8 Å². The summed E-state index contributed by atoms with van der Waals surface area (Å²) in [6, 6.07) is 13.1. The van der Waals surface area contributed by atoms with Crippen molar-refractivity contribution in [2.75, 3.05) is 11.9 Å². The fourth-order valence-electron chi connectivity index (χ4n) is 4.47. The lowest BCUT2D eigenvalue weighted by molar-refractivity contribution is -0.136. The van der Waals surface area contributed by atoms with Crippen molar-refractivity contribution in [1.29, 1.82) is 0 Å². The van der Waals surface area contributed by atoms with Crippen molar-refractivity contribution in [1.82, 2.24) is 9.88 Å². The zero-order chi connectivity index (χ0) is 18.4. The third-order valence-electron chi connectivity index (χ3n) is 5.65. The van der Waals surface area contributed by atoms with Gasteiger partial charge in [0.1, 0.15) is 5.60 Å². The normalized spacial score (nSPS) is 30.6. The molecule has 0 saturated carbocycles. The molecule has 2 aromatic rings. The van der Waals surface area contributed by atoms with Gasteiger partial charge in [0.25, 0.3) is 0 Å². The van der Waals surface area contributed by atoms with Gasteiger partial charge in [0.15, 0.2) is 0 Å². The number of nitrogens with zero attached hydrogens (tertiary/aromatic N) is 2. The predicted octanol–water partition coefficient (Wildman–Crippen LogP) is 2.00. The third kappa shape index (κ3) is 2.56. The molecular weight excluding hydrogens is 342 g/mol. The summed E-state index contributed by atoms with van der Waals surface area (Å²) < 4.78 is 6.15. The zero-order valence-electron chi connectivity index (χ0n) is 14.6. The van der Waals surface area contributed by atoms with Crippen LogP contribution in [0.4, 0.5) is 5.69 Å². The van der Waals surface area contributed by atoms with Gasteiger partial charge in [-0.1, -0.05) is 30.4 Å². The molecule has 1 aromatic carbocycles. The topological polar surface area (TPSA) is 71.5 Å². The van der Waals surface area contributed by atoms with Crippen LogP contribution in [0.1, 0.15) is 5.56 Å². The van der Waals surface area contributed by atoms with E-state index in [9.17, 15) is 9.59 Å². The van der Waals surface area contributed by atoms with Crippen molar-refractivity contribution in [2.24, 2.45) is 11.8 Å². The molecule has 0 aliphatic carbocycles. The highest BCUT2D eigenvalue weighted by atomic mass is 16.5. The van der Waals surface area contributed by atoms with Crippen molar-refractivity contribution in [3.05, 3.63) is 72.6 Å². The van der Waals surface area contributed by atoms with Crippen LogP contribution in [0.2, 0.25) is 0 Å². The summed E-state index contributed by atoms with van der Waals surface area (Å²) in [6.45, 7) is 0.968. The quantitative estimate of drug-likeness (QED) is 0.846. The van der Waals surface area contributed by atoms with Crippen LogP contribution >= 0.6 is 0 Å². The molecule has 2 amide bonds. The van der Waals surface area contributed by atoms with E-state index in [0.717, 1.165) is 11.3 Å². The smallest absolute Gasteiger partial charge is 0.231 e. The Morgan fingerprint density at radius 2 is 2.00 bits per heavy atom.